The SMILES string of the molecule is CCCCOc1cc(/C=C/C(=O)c2ccc(S(=O)(=O)N(C)CC(=O)O)cc2)ccc1OC. The summed E-state index contributed by atoms with van der Waals surface area (Å²) in [5, 5.41) is 8.79. The Labute approximate surface area is 188 Å². The van der Waals surface area contributed by atoms with Crippen molar-refractivity contribution in [3.8, 4) is 11.5 Å². The number of allylic oxidation sites excluding steroid dienone is 1. The van der Waals surface area contributed by atoms with Crippen LogP contribution in [-0.2, 0) is 14.8 Å². The van der Waals surface area contributed by atoms with E-state index >= 15 is 0 Å². The predicted octanol–water partition coefficient (Wildman–Crippen LogP) is 3.48. The minimum Gasteiger partial charge on any atom is -0.493 e. The van der Waals surface area contributed by atoms with Crippen molar-refractivity contribution in [2.45, 2.75) is 24.7 Å². The van der Waals surface area contributed by atoms with Gasteiger partial charge in [-0.3, -0.25) is 9.59 Å². The average Bonchev–Trinajstić information content (AvgIpc) is 2.77. The molecule has 8 nitrogen and oxygen atoms in total. The Hall–Kier alpha value is -3.17. The maximum Gasteiger partial charge on any atom is 0.318 e. The lowest BCUT2D eigenvalue weighted by molar-refractivity contribution is -0.137. The highest BCUT2D eigenvalue weighted by Crippen LogP contribution is 2.29. The van der Waals surface area contributed by atoms with Crippen LogP contribution in [0.15, 0.2) is 53.4 Å². The van der Waals surface area contributed by atoms with Gasteiger partial charge in [-0.25, -0.2) is 8.42 Å². The number of nitrogens with zero attached hydrogens (tertiary/aromatic N) is 1. The van der Waals surface area contributed by atoms with E-state index in [0.29, 0.717) is 23.7 Å². The molecule has 0 heterocycles. The number of methoxy groups -OCH3 is 1. The molecule has 0 aliphatic rings. The summed E-state index contributed by atoms with van der Waals surface area (Å²) in [7, 11) is -1.21. The van der Waals surface area contributed by atoms with Crippen molar-refractivity contribution < 1.29 is 32.6 Å². The van der Waals surface area contributed by atoms with E-state index < -0.39 is 22.5 Å². The quantitative estimate of drug-likeness (QED) is 0.293. The zero-order valence-electron chi connectivity index (χ0n) is 18.3. The number of ether oxygens (including phenoxy) is 2. The summed E-state index contributed by atoms with van der Waals surface area (Å²) < 4.78 is 36.5. The molecule has 1 N–H and O–H groups in total. The van der Waals surface area contributed by atoms with E-state index in [4.69, 9.17) is 14.6 Å². The average molecular weight is 462 g/mol. The van der Waals surface area contributed by atoms with E-state index in [1.807, 2.05) is 0 Å². The molecule has 32 heavy (non-hydrogen) atoms. The van der Waals surface area contributed by atoms with Crippen LogP contribution < -0.4 is 9.47 Å². The Morgan fingerprint density at radius 3 is 2.38 bits per heavy atom. The van der Waals surface area contributed by atoms with Crippen molar-refractivity contribution in [1.29, 1.82) is 0 Å². The zero-order valence-corrected chi connectivity index (χ0v) is 19.1. The molecule has 2 aromatic carbocycles. The van der Waals surface area contributed by atoms with Crippen LogP contribution in [-0.4, -0.2) is 56.9 Å². The standard InChI is InChI=1S/C23H27NO7S/c1-4-5-14-31-22-15-17(7-13-21(22)30-3)6-12-20(25)18-8-10-19(11-9-18)32(28,29)24(2)16-23(26)27/h6-13,15H,4-5,14,16H2,1-3H3,(H,26,27)/b12-6+. The fourth-order valence-corrected chi connectivity index (χ4v) is 3.87. The lowest BCUT2D eigenvalue weighted by Crippen LogP contribution is -2.32. The number of benzene rings is 2. The van der Waals surface area contributed by atoms with Gasteiger partial charge in [0.25, 0.3) is 0 Å². The van der Waals surface area contributed by atoms with Gasteiger partial charge in [0.05, 0.1) is 18.6 Å². The van der Waals surface area contributed by atoms with Crippen LogP contribution in [0.3, 0.4) is 0 Å². The number of ketones is 1. The molecule has 0 aromatic heterocycles. The Bertz CT molecular complexity index is 1080. The maximum absolute atomic E-state index is 12.5. The second-order valence-corrected chi connectivity index (χ2v) is 9.03. The van der Waals surface area contributed by atoms with Crippen LogP contribution in [0.2, 0.25) is 0 Å². The third-order valence-corrected chi connectivity index (χ3v) is 6.39. The Balaban J connectivity index is 2.14. The minimum absolute atomic E-state index is 0.0918. The summed E-state index contributed by atoms with van der Waals surface area (Å²) in [5.41, 5.74) is 1.05. The van der Waals surface area contributed by atoms with E-state index in [1.165, 1.54) is 37.4 Å². The lowest BCUT2D eigenvalue weighted by Gasteiger charge is -2.14. The highest BCUT2D eigenvalue weighted by molar-refractivity contribution is 7.89. The second-order valence-electron chi connectivity index (χ2n) is 6.99. The molecule has 2 rings (SSSR count). The van der Waals surface area contributed by atoms with Crippen LogP contribution in [0.25, 0.3) is 6.08 Å². The summed E-state index contributed by atoms with van der Waals surface area (Å²) in [6.45, 7) is 1.98. The Morgan fingerprint density at radius 1 is 1.09 bits per heavy atom. The largest absolute Gasteiger partial charge is 0.493 e. The third kappa shape index (κ3) is 6.66. The number of carbonyl (C=O) groups excluding carboxylic acids is 1. The van der Waals surface area contributed by atoms with Crippen LogP contribution in [0.1, 0.15) is 35.7 Å². The van der Waals surface area contributed by atoms with Gasteiger partial charge in [-0.05, 0) is 54.5 Å². The number of aliphatic carboxylic acids is 1. The molecule has 0 aliphatic heterocycles. The Kier molecular flexibility index (Phi) is 8.98. The molecule has 0 spiro atoms. The van der Waals surface area contributed by atoms with E-state index in [9.17, 15) is 18.0 Å². The smallest absolute Gasteiger partial charge is 0.318 e. The number of carboxylic acids is 1. The van der Waals surface area contributed by atoms with Crippen molar-refractivity contribution in [2.24, 2.45) is 0 Å². The first-order valence-corrected chi connectivity index (χ1v) is 11.4. The highest BCUT2D eigenvalue weighted by atomic mass is 32.2. The topological polar surface area (TPSA) is 110 Å². The fourth-order valence-electron chi connectivity index (χ4n) is 2.75. The number of carbonyl (C=O) groups is 2. The summed E-state index contributed by atoms with van der Waals surface area (Å²) in [4.78, 5) is 23.2. The zero-order chi connectivity index (χ0) is 23.7. The molecular formula is C23H27NO7S. The second kappa shape index (κ2) is 11.4. The van der Waals surface area contributed by atoms with Gasteiger partial charge >= 0.3 is 5.97 Å². The van der Waals surface area contributed by atoms with Crippen LogP contribution in [0.4, 0.5) is 0 Å². The monoisotopic (exact) mass is 461 g/mol. The summed E-state index contributed by atoms with van der Waals surface area (Å²) in [6, 6.07) is 10.7. The Morgan fingerprint density at radius 2 is 1.78 bits per heavy atom. The number of carboxylic acid groups (broad SMARTS) is 1. The molecule has 0 saturated heterocycles. The number of hydrogen-bond donors (Lipinski definition) is 1. The van der Waals surface area contributed by atoms with Crippen molar-refractivity contribution in [1.82, 2.24) is 4.31 Å². The molecule has 172 valence electrons. The van der Waals surface area contributed by atoms with Gasteiger partial charge in [0, 0.05) is 12.6 Å². The molecule has 9 heteroatoms. The van der Waals surface area contributed by atoms with Crippen molar-refractivity contribution in [3.05, 3.63) is 59.7 Å². The van der Waals surface area contributed by atoms with Crippen LogP contribution >= 0.6 is 0 Å². The van der Waals surface area contributed by atoms with Crippen molar-refractivity contribution in [3.63, 3.8) is 0 Å². The molecule has 0 fully saturated rings. The van der Waals surface area contributed by atoms with Gasteiger partial charge in [0.1, 0.15) is 6.54 Å². The minimum atomic E-state index is -3.96. The molecule has 0 aliphatic carbocycles. The fraction of sp³-hybridized carbons (Fsp3) is 0.304. The molecule has 0 radical (unpaired) electrons. The molecule has 0 unspecified atom stereocenters. The van der Waals surface area contributed by atoms with Crippen molar-refractivity contribution >= 4 is 27.9 Å². The molecule has 0 amide bonds. The predicted molar refractivity (Wildman–Crippen MR) is 121 cm³/mol. The van der Waals surface area contributed by atoms with Gasteiger partial charge in [-0.2, -0.15) is 4.31 Å². The molecule has 0 atom stereocenters. The normalized spacial score (nSPS) is 11.6. The molecule has 0 saturated carbocycles. The molecule has 2 aromatic rings. The first-order valence-electron chi connectivity index (χ1n) is 10.0. The number of sulfonamides is 1. The third-order valence-electron chi connectivity index (χ3n) is 4.58. The number of likely N-dealkylation sites (N-methyl/N-ethyl adjacent to an activating group) is 1. The van der Waals surface area contributed by atoms with E-state index in [0.717, 1.165) is 22.7 Å². The number of unbranched alkanes of at least 4 members (excludes halogenated alkanes) is 1. The van der Waals surface area contributed by atoms with Crippen LogP contribution in [0, 0.1) is 0 Å². The van der Waals surface area contributed by atoms with E-state index in [1.54, 1.807) is 31.4 Å². The van der Waals surface area contributed by atoms with Gasteiger partial charge < -0.3 is 14.6 Å². The van der Waals surface area contributed by atoms with Crippen LogP contribution in [0.5, 0.6) is 11.5 Å². The summed E-state index contributed by atoms with van der Waals surface area (Å²) in [5.74, 6) is -0.368. The maximum atomic E-state index is 12.5. The van der Waals surface area contributed by atoms with E-state index in [2.05, 4.69) is 6.92 Å². The van der Waals surface area contributed by atoms with Gasteiger partial charge in [-0.15, -0.1) is 0 Å². The van der Waals surface area contributed by atoms with Gasteiger partial charge in [-0.1, -0.05) is 25.5 Å². The lowest BCUT2D eigenvalue weighted by atomic mass is 10.1. The first kappa shape index (κ1) is 25.1. The summed E-state index contributed by atoms with van der Waals surface area (Å²) in [6.07, 6.45) is 4.95. The number of rotatable bonds is 12. The first-order chi connectivity index (χ1) is 15.2. The van der Waals surface area contributed by atoms with E-state index in [-0.39, 0.29) is 10.7 Å². The highest BCUT2D eigenvalue weighted by Gasteiger charge is 2.22. The van der Waals surface area contributed by atoms with Gasteiger partial charge in [0.15, 0.2) is 17.3 Å². The summed E-state index contributed by atoms with van der Waals surface area (Å²) >= 11 is 0. The number of hydrogen-bond acceptors (Lipinski definition) is 6. The van der Waals surface area contributed by atoms with Gasteiger partial charge in [0.2, 0.25) is 10.0 Å². The molecule has 0 bridgehead atoms. The van der Waals surface area contributed by atoms with Crippen molar-refractivity contribution in [2.75, 3.05) is 27.3 Å². The molecular weight excluding hydrogens is 434 g/mol.